The van der Waals surface area contributed by atoms with E-state index < -0.39 is 0 Å². The minimum atomic E-state index is -0.247. The molecule has 5 rings (SSSR count). The molecule has 4 heterocycles. The smallest absolute Gasteiger partial charge is 0.255 e. The predicted molar refractivity (Wildman–Crippen MR) is 120 cm³/mol. The Labute approximate surface area is 186 Å². The minimum absolute atomic E-state index is 0.104. The molecule has 32 heavy (non-hydrogen) atoms. The van der Waals surface area contributed by atoms with Gasteiger partial charge in [-0.2, -0.15) is 0 Å². The number of hydrogen-bond donors (Lipinski definition) is 0. The molecule has 0 fully saturated rings. The quantitative estimate of drug-likeness (QED) is 0.732. The molecule has 0 amide bonds. The van der Waals surface area contributed by atoms with E-state index in [9.17, 15) is 4.79 Å². The maximum atomic E-state index is 13.2. The van der Waals surface area contributed by atoms with Crippen LogP contribution < -0.4 is 10.5 Å². The lowest BCUT2D eigenvalue weighted by atomic mass is 9.88. The molecule has 1 atom stereocenters. The van der Waals surface area contributed by atoms with Crippen molar-refractivity contribution in [3.8, 4) is 11.4 Å². The molecule has 2 aromatic heterocycles. The highest BCUT2D eigenvalue weighted by molar-refractivity contribution is 5.57. The maximum Gasteiger partial charge on any atom is 0.255 e. The van der Waals surface area contributed by atoms with Crippen molar-refractivity contribution in [2.24, 2.45) is 5.41 Å². The number of fused-ring (bicyclic) bond motifs is 1. The van der Waals surface area contributed by atoms with Gasteiger partial charge in [-0.15, -0.1) is 0 Å². The average Bonchev–Trinajstić information content (AvgIpc) is 2.81. The second kappa shape index (κ2) is 8.11. The third-order valence-electron chi connectivity index (χ3n) is 5.77. The molecule has 8 heteroatoms. The van der Waals surface area contributed by atoms with Gasteiger partial charge in [-0.1, -0.05) is 32.1 Å². The number of nitrogens with zero attached hydrogens (tertiary/aromatic N) is 5. The summed E-state index contributed by atoms with van der Waals surface area (Å²) in [4.78, 5) is 28.6. The van der Waals surface area contributed by atoms with Crippen LogP contribution in [0.4, 0.5) is 5.95 Å². The first-order valence-corrected chi connectivity index (χ1v) is 10.7. The Morgan fingerprint density at radius 3 is 2.81 bits per heavy atom. The highest BCUT2D eigenvalue weighted by atomic mass is 16.5. The summed E-state index contributed by atoms with van der Waals surface area (Å²) in [7, 11) is 0. The summed E-state index contributed by atoms with van der Waals surface area (Å²) in [6.07, 6.45) is 15.9. The summed E-state index contributed by atoms with van der Waals surface area (Å²) in [6.45, 7) is 5.60. The zero-order valence-corrected chi connectivity index (χ0v) is 18.1. The van der Waals surface area contributed by atoms with Crippen molar-refractivity contribution in [1.29, 1.82) is 0 Å². The van der Waals surface area contributed by atoms with E-state index in [4.69, 9.17) is 14.5 Å². The third-order valence-corrected chi connectivity index (χ3v) is 5.77. The fourth-order valence-electron chi connectivity index (χ4n) is 4.44. The van der Waals surface area contributed by atoms with Crippen LogP contribution in [0.3, 0.4) is 0 Å². The molecule has 0 radical (unpaired) electrons. The van der Waals surface area contributed by atoms with Crippen LogP contribution in [0.5, 0.6) is 0 Å². The molecule has 8 nitrogen and oxygen atoms in total. The molecular formula is C24H25N5O3. The van der Waals surface area contributed by atoms with Crippen molar-refractivity contribution in [2.75, 3.05) is 11.4 Å². The van der Waals surface area contributed by atoms with Gasteiger partial charge in [0, 0.05) is 30.8 Å². The summed E-state index contributed by atoms with van der Waals surface area (Å²) in [6, 6.07) is 3.06. The molecule has 164 valence electrons. The van der Waals surface area contributed by atoms with Crippen LogP contribution in [-0.4, -0.2) is 32.1 Å². The minimum Gasteiger partial charge on any atom is -0.466 e. The van der Waals surface area contributed by atoms with Crippen molar-refractivity contribution in [1.82, 2.24) is 19.5 Å². The Balaban J connectivity index is 1.68. The molecule has 0 spiro atoms. The number of allylic oxidation sites excluding steroid dienone is 3. The third kappa shape index (κ3) is 3.84. The summed E-state index contributed by atoms with van der Waals surface area (Å²) < 4.78 is 13.1. The molecule has 1 aliphatic carbocycles. The van der Waals surface area contributed by atoms with Crippen LogP contribution in [0.25, 0.3) is 11.4 Å². The largest absolute Gasteiger partial charge is 0.466 e. The Kier molecular flexibility index (Phi) is 5.13. The fourth-order valence-corrected chi connectivity index (χ4v) is 4.44. The standard InChI is InChI=1S/C24H25N5O3/c1-24(2)14-28-21(30)12-19(18-8-9-25-16-26-18)27-23(28)29(15-24)22(17-6-4-3-5-7-17)20-13-31-10-11-32-20/h3-4,6,8-13,16,22H,5,7,14-15H2,1-2H3. The van der Waals surface area contributed by atoms with Gasteiger partial charge in [0.05, 0.1) is 11.4 Å². The number of aromatic nitrogens is 4. The Bertz CT molecular complexity index is 1190. The molecule has 0 saturated carbocycles. The summed E-state index contributed by atoms with van der Waals surface area (Å²) in [5.74, 6) is 1.27. The van der Waals surface area contributed by atoms with Gasteiger partial charge in [0.15, 0.2) is 5.76 Å². The fraction of sp³-hybridized carbons (Fsp3) is 0.333. The Morgan fingerprint density at radius 2 is 2.09 bits per heavy atom. The van der Waals surface area contributed by atoms with Gasteiger partial charge in [-0.3, -0.25) is 9.36 Å². The van der Waals surface area contributed by atoms with E-state index in [0.29, 0.717) is 36.2 Å². The van der Waals surface area contributed by atoms with Gasteiger partial charge in [-0.25, -0.2) is 15.0 Å². The van der Waals surface area contributed by atoms with Crippen molar-refractivity contribution < 1.29 is 9.47 Å². The van der Waals surface area contributed by atoms with Crippen LogP contribution >= 0.6 is 0 Å². The molecule has 0 bridgehead atoms. The van der Waals surface area contributed by atoms with Crippen LogP contribution in [-0.2, 0) is 16.0 Å². The molecule has 2 aliphatic heterocycles. The van der Waals surface area contributed by atoms with Gasteiger partial charge >= 0.3 is 0 Å². The van der Waals surface area contributed by atoms with Gasteiger partial charge < -0.3 is 14.4 Å². The van der Waals surface area contributed by atoms with Crippen molar-refractivity contribution in [3.05, 3.63) is 83.4 Å². The topological polar surface area (TPSA) is 82.4 Å². The van der Waals surface area contributed by atoms with Gasteiger partial charge in [0.1, 0.15) is 31.2 Å². The second-order valence-corrected chi connectivity index (χ2v) is 8.91. The first kappa shape index (κ1) is 20.2. The molecule has 1 unspecified atom stereocenters. The lowest BCUT2D eigenvalue weighted by Gasteiger charge is -2.45. The van der Waals surface area contributed by atoms with E-state index in [0.717, 1.165) is 12.8 Å². The SMILES string of the molecule is CC1(C)CN(C(C2=CC=CCC2)C2=COC=CO2)c2nc(-c3ccncn3)cc(=O)n2C1. The maximum absolute atomic E-state index is 13.2. The molecule has 3 aliphatic rings. The molecule has 0 N–H and O–H groups in total. The van der Waals surface area contributed by atoms with Crippen LogP contribution in [0, 0.1) is 5.41 Å². The van der Waals surface area contributed by atoms with Crippen LogP contribution in [0.2, 0.25) is 0 Å². The van der Waals surface area contributed by atoms with E-state index in [1.807, 2.05) is 0 Å². The molecule has 0 aromatic carbocycles. The van der Waals surface area contributed by atoms with E-state index in [1.54, 1.807) is 29.2 Å². The number of hydrogen-bond acceptors (Lipinski definition) is 7. The van der Waals surface area contributed by atoms with Crippen molar-refractivity contribution >= 4 is 5.95 Å². The Morgan fingerprint density at radius 1 is 1.19 bits per heavy atom. The zero-order valence-electron chi connectivity index (χ0n) is 18.1. The Hall–Kier alpha value is -3.68. The van der Waals surface area contributed by atoms with Crippen LogP contribution in [0.1, 0.15) is 26.7 Å². The molecular weight excluding hydrogens is 406 g/mol. The summed E-state index contributed by atoms with van der Waals surface area (Å²) >= 11 is 0. The lowest BCUT2D eigenvalue weighted by molar-refractivity contribution is 0.221. The highest BCUT2D eigenvalue weighted by Crippen LogP contribution is 2.37. The summed E-state index contributed by atoms with van der Waals surface area (Å²) in [5, 5.41) is 0. The number of anilines is 1. The number of ether oxygens (including phenoxy) is 2. The highest BCUT2D eigenvalue weighted by Gasteiger charge is 2.39. The zero-order chi connectivity index (χ0) is 22.1. The second-order valence-electron chi connectivity index (χ2n) is 8.91. The van der Waals surface area contributed by atoms with E-state index in [1.165, 1.54) is 24.4 Å². The number of rotatable bonds is 4. The van der Waals surface area contributed by atoms with E-state index in [-0.39, 0.29) is 17.0 Å². The van der Waals surface area contributed by atoms with Crippen molar-refractivity contribution in [2.45, 2.75) is 39.3 Å². The van der Waals surface area contributed by atoms with Crippen molar-refractivity contribution in [3.63, 3.8) is 0 Å². The van der Waals surface area contributed by atoms with E-state index in [2.05, 4.69) is 46.9 Å². The van der Waals surface area contributed by atoms with E-state index >= 15 is 0 Å². The monoisotopic (exact) mass is 431 g/mol. The van der Waals surface area contributed by atoms with Gasteiger partial charge in [0.25, 0.3) is 5.56 Å². The normalized spacial score (nSPS) is 19.9. The average molecular weight is 431 g/mol. The van der Waals surface area contributed by atoms with Gasteiger partial charge in [0.2, 0.25) is 5.95 Å². The first-order chi connectivity index (χ1) is 15.5. The summed E-state index contributed by atoms with van der Waals surface area (Å²) in [5.41, 5.74) is 2.07. The van der Waals surface area contributed by atoms with Crippen LogP contribution in [0.15, 0.2) is 77.8 Å². The lowest BCUT2D eigenvalue weighted by Crippen LogP contribution is -2.53. The van der Waals surface area contributed by atoms with Gasteiger partial charge in [-0.05, 0) is 24.5 Å². The molecule has 2 aromatic rings. The molecule has 0 saturated heterocycles. The first-order valence-electron chi connectivity index (χ1n) is 10.7. The predicted octanol–water partition coefficient (Wildman–Crippen LogP) is 3.55.